The molecular weight excluding hydrogens is 302 g/mol. The number of carbonyl (C=O) groups excluding carboxylic acids is 3. The number of ketones is 1. The van der Waals surface area contributed by atoms with Crippen LogP contribution >= 0.6 is 0 Å². The number of imide groups is 1. The molecule has 0 unspecified atom stereocenters. The highest BCUT2D eigenvalue weighted by molar-refractivity contribution is 6.22. The number of nitrogens with zero attached hydrogens (tertiary/aromatic N) is 2. The minimum atomic E-state index is -0.853. The first-order chi connectivity index (χ1) is 11.0. The van der Waals surface area contributed by atoms with Gasteiger partial charge in [-0.05, 0) is 25.0 Å². The summed E-state index contributed by atoms with van der Waals surface area (Å²) in [5.74, 6) is -2.06. The summed E-state index contributed by atoms with van der Waals surface area (Å²) < 4.78 is 0. The molecule has 0 aliphatic carbocycles. The second-order valence-electron chi connectivity index (χ2n) is 5.28. The predicted octanol–water partition coefficient (Wildman–Crippen LogP) is 0.723. The molecule has 8 nitrogen and oxygen atoms in total. The van der Waals surface area contributed by atoms with Crippen LogP contribution in [0.3, 0.4) is 0 Å². The van der Waals surface area contributed by atoms with Gasteiger partial charge in [-0.15, -0.1) is 0 Å². The summed E-state index contributed by atoms with van der Waals surface area (Å²) in [4.78, 5) is 47.9. The Balaban J connectivity index is 1.86. The van der Waals surface area contributed by atoms with E-state index in [1.54, 1.807) is 12.1 Å². The van der Waals surface area contributed by atoms with Gasteiger partial charge < -0.3 is 5.32 Å². The number of benzene rings is 1. The predicted molar refractivity (Wildman–Crippen MR) is 78.1 cm³/mol. The highest BCUT2D eigenvalue weighted by atomic mass is 16.6. The highest BCUT2D eigenvalue weighted by Gasteiger charge is 2.39. The average Bonchev–Trinajstić information content (AvgIpc) is 3.11. The summed E-state index contributed by atoms with van der Waals surface area (Å²) in [6.07, 6.45) is 1.11. The Morgan fingerprint density at radius 3 is 2.30 bits per heavy atom. The molecule has 1 aromatic carbocycles. The van der Waals surface area contributed by atoms with Crippen molar-refractivity contribution in [3.8, 4) is 0 Å². The van der Waals surface area contributed by atoms with Crippen molar-refractivity contribution < 1.29 is 19.3 Å². The Morgan fingerprint density at radius 1 is 1.22 bits per heavy atom. The van der Waals surface area contributed by atoms with Crippen molar-refractivity contribution in [2.24, 2.45) is 0 Å². The third kappa shape index (κ3) is 2.48. The largest absolute Gasteiger partial charge is 0.383 e. The van der Waals surface area contributed by atoms with Crippen molar-refractivity contribution in [3.05, 3.63) is 56.9 Å². The molecule has 0 atom stereocenters. The smallest absolute Gasteiger partial charge is 0.332 e. The van der Waals surface area contributed by atoms with E-state index in [1.807, 2.05) is 0 Å². The molecule has 1 saturated heterocycles. The van der Waals surface area contributed by atoms with Gasteiger partial charge in [-0.2, -0.15) is 0 Å². The fourth-order valence-electron chi connectivity index (χ4n) is 2.78. The third-order valence-corrected chi connectivity index (χ3v) is 3.85. The molecule has 1 aromatic rings. The molecule has 3 rings (SSSR count). The molecule has 0 radical (unpaired) electrons. The first kappa shape index (κ1) is 14.9. The molecule has 2 heterocycles. The molecule has 2 aliphatic heterocycles. The summed E-state index contributed by atoms with van der Waals surface area (Å²) in [5, 5.41) is 14.0. The maximum Gasteiger partial charge on any atom is 0.332 e. The van der Waals surface area contributed by atoms with Gasteiger partial charge in [0.15, 0.2) is 0 Å². The van der Waals surface area contributed by atoms with Crippen LogP contribution in [-0.2, 0) is 4.79 Å². The number of allylic oxidation sites excluding steroid dienone is 1. The zero-order valence-electron chi connectivity index (χ0n) is 12.1. The zero-order valence-corrected chi connectivity index (χ0v) is 12.1. The van der Waals surface area contributed by atoms with Crippen molar-refractivity contribution in [2.75, 3.05) is 13.1 Å². The van der Waals surface area contributed by atoms with Crippen LogP contribution < -0.4 is 5.32 Å². The van der Waals surface area contributed by atoms with E-state index in [1.165, 1.54) is 12.1 Å². The van der Waals surface area contributed by atoms with Gasteiger partial charge in [0.2, 0.25) is 0 Å². The Labute approximate surface area is 130 Å². The lowest BCUT2D eigenvalue weighted by atomic mass is 10.1. The monoisotopic (exact) mass is 315 g/mol. The lowest BCUT2D eigenvalue weighted by Gasteiger charge is -2.12. The molecule has 8 heteroatoms. The number of Topliss-reactive ketones (excluding diaryl/α,β-unsaturated/α-hetero) is 1. The molecule has 0 aromatic heterocycles. The second-order valence-corrected chi connectivity index (χ2v) is 5.28. The fraction of sp³-hybridized carbons (Fsp3) is 0.267. The van der Waals surface area contributed by atoms with Crippen molar-refractivity contribution in [1.82, 2.24) is 10.2 Å². The first-order valence-corrected chi connectivity index (χ1v) is 7.10. The molecule has 0 bridgehead atoms. The maximum atomic E-state index is 12.3. The summed E-state index contributed by atoms with van der Waals surface area (Å²) in [5.41, 5.74) is 0.106. The van der Waals surface area contributed by atoms with Crippen LogP contribution in [0.25, 0.3) is 0 Å². The second kappa shape index (κ2) is 5.64. The Hall–Kier alpha value is -3.03. The quantitative estimate of drug-likeness (QED) is 0.379. The molecule has 1 fully saturated rings. The van der Waals surface area contributed by atoms with Crippen molar-refractivity contribution in [2.45, 2.75) is 12.8 Å². The molecule has 0 spiro atoms. The number of fused-ring (bicyclic) bond motifs is 1. The normalized spacial score (nSPS) is 18.7. The Morgan fingerprint density at radius 2 is 1.83 bits per heavy atom. The number of hydrogen-bond acceptors (Lipinski definition) is 6. The minimum absolute atomic E-state index is 0.208. The molecule has 1 N–H and O–H groups in total. The van der Waals surface area contributed by atoms with Crippen molar-refractivity contribution >= 4 is 17.6 Å². The molecule has 2 amide bonds. The van der Waals surface area contributed by atoms with Crippen LogP contribution in [0.5, 0.6) is 0 Å². The minimum Gasteiger partial charge on any atom is -0.383 e. The van der Waals surface area contributed by atoms with Crippen LogP contribution in [0.4, 0.5) is 0 Å². The molecule has 118 valence electrons. The number of amides is 2. The number of rotatable bonds is 4. The lowest BCUT2D eigenvalue weighted by Crippen LogP contribution is -2.37. The number of nitro groups is 1. The lowest BCUT2D eigenvalue weighted by molar-refractivity contribution is -0.420. The van der Waals surface area contributed by atoms with Crippen molar-refractivity contribution in [1.29, 1.82) is 0 Å². The van der Waals surface area contributed by atoms with Gasteiger partial charge in [-0.25, -0.2) is 0 Å². The molecule has 0 saturated carbocycles. The van der Waals surface area contributed by atoms with E-state index in [-0.39, 0.29) is 16.8 Å². The third-order valence-electron chi connectivity index (χ3n) is 3.85. The van der Waals surface area contributed by atoms with Gasteiger partial charge in [0.05, 0.1) is 28.3 Å². The summed E-state index contributed by atoms with van der Waals surface area (Å²) in [6.45, 7) is -0.0686. The Kier molecular flexibility index (Phi) is 3.65. The summed E-state index contributed by atoms with van der Waals surface area (Å²) in [6, 6.07) is 6.21. The number of carbonyl (C=O) groups is 3. The van der Waals surface area contributed by atoms with Gasteiger partial charge in [-0.1, -0.05) is 12.1 Å². The van der Waals surface area contributed by atoms with Crippen LogP contribution in [0.15, 0.2) is 35.7 Å². The van der Waals surface area contributed by atoms with E-state index < -0.39 is 34.8 Å². The summed E-state index contributed by atoms with van der Waals surface area (Å²) >= 11 is 0. The van der Waals surface area contributed by atoms with Gasteiger partial charge in [0.1, 0.15) is 0 Å². The van der Waals surface area contributed by atoms with E-state index in [2.05, 4.69) is 5.32 Å². The number of hydrogen-bond donors (Lipinski definition) is 1. The van der Waals surface area contributed by atoms with E-state index in [0.29, 0.717) is 19.4 Å². The van der Waals surface area contributed by atoms with Gasteiger partial charge >= 0.3 is 5.70 Å². The molecule has 2 aliphatic rings. The fourth-order valence-corrected chi connectivity index (χ4v) is 2.78. The van der Waals surface area contributed by atoms with E-state index in [0.717, 1.165) is 4.90 Å². The van der Waals surface area contributed by atoms with E-state index >= 15 is 0 Å². The van der Waals surface area contributed by atoms with Gasteiger partial charge in [0, 0.05) is 6.54 Å². The van der Waals surface area contributed by atoms with Crippen LogP contribution in [0.1, 0.15) is 33.6 Å². The van der Waals surface area contributed by atoms with Crippen LogP contribution in [0, 0.1) is 10.1 Å². The van der Waals surface area contributed by atoms with Crippen LogP contribution in [0.2, 0.25) is 0 Å². The average molecular weight is 315 g/mol. The highest BCUT2D eigenvalue weighted by Crippen LogP contribution is 2.23. The summed E-state index contributed by atoms with van der Waals surface area (Å²) in [7, 11) is 0. The van der Waals surface area contributed by atoms with Crippen molar-refractivity contribution in [3.63, 3.8) is 0 Å². The standard InChI is InChI=1S/C15H13N3O5/c19-12(13(18(22)23)11-6-3-7-16-11)8-17-14(20)9-4-1-2-5-10(9)15(17)21/h1-2,4-5,16H,3,6-8H2. The zero-order chi connectivity index (χ0) is 16.6. The maximum absolute atomic E-state index is 12.3. The number of nitrogens with one attached hydrogen (secondary N) is 1. The van der Waals surface area contributed by atoms with Gasteiger partial charge in [-0.3, -0.25) is 29.4 Å². The van der Waals surface area contributed by atoms with E-state index in [4.69, 9.17) is 0 Å². The molecular formula is C15H13N3O5. The Bertz CT molecular complexity index is 725. The van der Waals surface area contributed by atoms with Crippen LogP contribution in [-0.4, -0.2) is 40.5 Å². The SMILES string of the molecule is O=C(CN1C(=O)c2ccccc2C1=O)C(=C1CCCN1)[N+](=O)[O-]. The first-order valence-electron chi connectivity index (χ1n) is 7.10. The topological polar surface area (TPSA) is 110 Å². The van der Waals surface area contributed by atoms with Gasteiger partial charge in [0.25, 0.3) is 17.6 Å². The van der Waals surface area contributed by atoms with E-state index in [9.17, 15) is 24.5 Å². The molecule has 23 heavy (non-hydrogen) atoms.